The fourth-order valence-corrected chi connectivity index (χ4v) is 4.05. The molecule has 4 nitrogen and oxygen atoms in total. The molecule has 2 aliphatic heterocycles. The van der Waals surface area contributed by atoms with Gasteiger partial charge in [0.2, 0.25) is 0 Å². The summed E-state index contributed by atoms with van der Waals surface area (Å²) in [5.74, 6) is 1.91. The monoisotopic (exact) mass is 345 g/mol. The number of hydrogen-bond donors (Lipinski definition) is 0. The van der Waals surface area contributed by atoms with Crippen molar-refractivity contribution < 1.29 is 4.74 Å². The predicted molar refractivity (Wildman–Crippen MR) is 104 cm³/mol. The second-order valence-corrected chi connectivity index (χ2v) is 7.94. The van der Waals surface area contributed by atoms with Crippen LogP contribution in [-0.4, -0.2) is 74.2 Å². The van der Waals surface area contributed by atoms with Gasteiger partial charge in [-0.1, -0.05) is 25.1 Å². The summed E-state index contributed by atoms with van der Waals surface area (Å²) in [4.78, 5) is 7.56. The molecular weight excluding hydrogens is 310 g/mol. The number of likely N-dealkylation sites (N-methyl/N-ethyl adjacent to an activating group) is 1. The molecule has 2 heterocycles. The smallest absolute Gasteiger partial charge is 0.123 e. The molecule has 3 rings (SSSR count). The van der Waals surface area contributed by atoms with Crippen LogP contribution < -0.4 is 4.74 Å². The lowest BCUT2D eigenvalue weighted by Crippen LogP contribution is -2.37. The van der Waals surface area contributed by atoms with Crippen molar-refractivity contribution in [1.29, 1.82) is 0 Å². The summed E-state index contributed by atoms with van der Waals surface area (Å²) < 4.78 is 6.19. The Hall–Kier alpha value is -1.10. The molecular formula is C21H35N3O. The maximum Gasteiger partial charge on any atom is 0.123 e. The maximum atomic E-state index is 6.19. The van der Waals surface area contributed by atoms with Gasteiger partial charge in [-0.05, 0) is 57.9 Å². The van der Waals surface area contributed by atoms with Gasteiger partial charge in [0.25, 0.3) is 0 Å². The van der Waals surface area contributed by atoms with E-state index >= 15 is 0 Å². The molecule has 0 aliphatic carbocycles. The molecule has 1 unspecified atom stereocenters. The lowest BCUT2D eigenvalue weighted by atomic mass is 10.0. The highest BCUT2D eigenvalue weighted by Gasteiger charge is 2.17. The fourth-order valence-electron chi connectivity index (χ4n) is 4.05. The third kappa shape index (κ3) is 5.98. The van der Waals surface area contributed by atoms with Gasteiger partial charge in [-0.15, -0.1) is 0 Å². The summed E-state index contributed by atoms with van der Waals surface area (Å²) in [7, 11) is 2.22. The van der Waals surface area contributed by atoms with Gasteiger partial charge in [0.05, 0.1) is 0 Å². The maximum absolute atomic E-state index is 6.19. The zero-order valence-electron chi connectivity index (χ0n) is 16.1. The van der Waals surface area contributed by atoms with Gasteiger partial charge < -0.3 is 9.64 Å². The second-order valence-electron chi connectivity index (χ2n) is 7.94. The molecule has 4 heteroatoms. The van der Waals surface area contributed by atoms with E-state index in [4.69, 9.17) is 4.74 Å². The van der Waals surface area contributed by atoms with Gasteiger partial charge in [0.15, 0.2) is 0 Å². The first-order valence-corrected chi connectivity index (χ1v) is 10.0. The predicted octanol–water partition coefficient (Wildman–Crippen LogP) is 2.93. The molecule has 0 aromatic heterocycles. The van der Waals surface area contributed by atoms with Gasteiger partial charge in [-0.25, -0.2) is 0 Å². The van der Waals surface area contributed by atoms with Crippen molar-refractivity contribution in [3.8, 4) is 5.75 Å². The Bertz CT molecular complexity index is 522. The average Bonchev–Trinajstić information content (AvgIpc) is 2.81. The highest BCUT2D eigenvalue weighted by molar-refractivity contribution is 5.33. The Morgan fingerprint density at radius 1 is 1.00 bits per heavy atom. The molecule has 1 atom stereocenters. The minimum atomic E-state index is 0.798. The molecule has 25 heavy (non-hydrogen) atoms. The van der Waals surface area contributed by atoms with Gasteiger partial charge in [-0.2, -0.15) is 0 Å². The van der Waals surface area contributed by atoms with Crippen LogP contribution in [0.1, 0.15) is 31.7 Å². The number of ether oxygens (including phenoxy) is 1. The summed E-state index contributed by atoms with van der Waals surface area (Å²) in [6.07, 6.45) is 3.97. The normalized spacial score (nSPS) is 24.2. The number of para-hydroxylation sites is 1. The molecule has 2 saturated heterocycles. The van der Waals surface area contributed by atoms with Crippen molar-refractivity contribution in [1.82, 2.24) is 14.7 Å². The molecule has 2 fully saturated rings. The largest absolute Gasteiger partial charge is 0.492 e. The van der Waals surface area contributed by atoms with E-state index in [1.165, 1.54) is 51.0 Å². The molecule has 0 bridgehead atoms. The van der Waals surface area contributed by atoms with Gasteiger partial charge in [-0.3, -0.25) is 9.80 Å². The summed E-state index contributed by atoms with van der Waals surface area (Å²) in [5.41, 5.74) is 1.33. The Morgan fingerprint density at radius 3 is 2.72 bits per heavy atom. The Balaban J connectivity index is 1.50. The average molecular weight is 346 g/mol. The van der Waals surface area contributed by atoms with E-state index in [9.17, 15) is 0 Å². The second kappa shape index (κ2) is 9.56. The number of benzene rings is 1. The van der Waals surface area contributed by atoms with Crippen LogP contribution in [-0.2, 0) is 6.54 Å². The van der Waals surface area contributed by atoms with Crippen molar-refractivity contribution in [2.45, 2.75) is 32.7 Å². The number of piperidine rings is 1. The summed E-state index contributed by atoms with van der Waals surface area (Å²) >= 11 is 0. The lowest BCUT2D eigenvalue weighted by molar-refractivity contribution is 0.152. The molecule has 1 aromatic rings. The highest BCUT2D eigenvalue weighted by Crippen LogP contribution is 2.21. The van der Waals surface area contributed by atoms with Crippen LogP contribution in [0.25, 0.3) is 0 Å². The minimum absolute atomic E-state index is 0.798. The lowest BCUT2D eigenvalue weighted by Gasteiger charge is -2.30. The molecule has 0 spiro atoms. The summed E-state index contributed by atoms with van der Waals surface area (Å²) in [5, 5.41) is 0. The van der Waals surface area contributed by atoms with Crippen molar-refractivity contribution >= 4 is 0 Å². The van der Waals surface area contributed by atoms with Crippen LogP contribution in [0, 0.1) is 5.92 Å². The third-order valence-electron chi connectivity index (χ3n) is 5.58. The SMILES string of the molecule is CC1CCCN(CCOc2ccccc2CN2CCCN(C)CC2)C1. The third-order valence-corrected chi connectivity index (χ3v) is 5.58. The first-order valence-electron chi connectivity index (χ1n) is 10.0. The van der Waals surface area contributed by atoms with E-state index in [2.05, 4.69) is 52.9 Å². The van der Waals surface area contributed by atoms with Gasteiger partial charge in [0, 0.05) is 38.3 Å². The fraction of sp³-hybridized carbons (Fsp3) is 0.714. The minimum Gasteiger partial charge on any atom is -0.492 e. The van der Waals surface area contributed by atoms with Crippen LogP contribution in [0.4, 0.5) is 0 Å². The molecule has 1 aromatic carbocycles. The molecule has 2 aliphatic rings. The number of hydrogen-bond acceptors (Lipinski definition) is 4. The number of rotatable bonds is 6. The first-order chi connectivity index (χ1) is 12.2. The number of likely N-dealkylation sites (tertiary alicyclic amines) is 1. The van der Waals surface area contributed by atoms with E-state index in [1.54, 1.807) is 0 Å². The Labute approximate surface area is 153 Å². The van der Waals surface area contributed by atoms with Crippen molar-refractivity contribution in [3.63, 3.8) is 0 Å². The standard InChI is InChI=1S/C21H35N3O/c1-19-7-5-11-24(17-19)15-16-25-21-9-4-3-8-20(21)18-23-12-6-10-22(2)13-14-23/h3-4,8-9,19H,5-7,10-18H2,1-2H3. The van der Waals surface area contributed by atoms with Gasteiger partial charge in [0.1, 0.15) is 12.4 Å². The molecule has 140 valence electrons. The Kier molecular flexibility index (Phi) is 7.14. The zero-order valence-corrected chi connectivity index (χ0v) is 16.1. The molecule has 0 radical (unpaired) electrons. The first kappa shape index (κ1) is 18.7. The van der Waals surface area contributed by atoms with Crippen LogP contribution in [0.3, 0.4) is 0 Å². The van der Waals surface area contributed by atoms with E-state index in [0.29, 0.717) is 0 Å². The number of nitrogens with zero attached hydrogens (tertiary/aromatic N) is 3. The van der Waals surface area contributed by atoms with Gasteiger partial charge >= 0.3 is 0 Å². The molecule has 0 saturated carbocycles. The van der Waals surface area contributed by atoms with Crippen molar-refractivity contribution in [2.75, 3.05) is 59.5 Å². The Morgan fingerprint density at radius 2 is 1.84 bits per heavy atom. The molecule has 0 N–H and O–H groups in total. The van der Waals surface area contributed by atoms with Crippen LogP contribution in [0.15, 0.2) is 24.3 Å². The summed E-state index contributed by atoms with van der Waals surface area (Å²) in [6, 6.07) is 8.60. The quantitative estimate of drug-likeness (QED) is 0.789. The van der Waals surface area contributed by atoms with Crippen LogP contribution in [0.2, 0.25) is 0 Å². The van der Waals surface area contributed by atoms with Crippen LogP contribution >= 0.6 is 0 Å². The van der Waals surface area contributed by atoms with E-state index in [-0.39, 0.29) is 0 Å². The van der Waals surface area contributed by atoms with Crippen molar-refractivity contribution in [3.05, 3.63) is 29.8 Å². The van der Waals surface area contributed by atoms with E-state index in [1.807, 2.05) is 0 Å². The highest BCUT2D eigenvalue weighted by atomic mass is 16.5. The van der Waals surface area contributed by atoms with Crippen molar-refractivity contribution in [2.24, 2.45) is 5.92 Å². The zero-order chi connectivity index (χ0) is 17.5. The summed E-state index contributed by atoms with van der Waals surface area (Å²) in [6.45, 7) is 12.4. The van der Waals surface area contributed by atoms with Crippen LogP contribution in [0.5, 0.6) is 5.75 Å². The van der Waals surface area contributed by atoms with E-state index < -0.39 is 0 Å². The van der Waals surface area contributed by atoms with E-state index in [0.717, 1.165) is 44.5 Å². The molecule has 0 amide bonds. The topological polar surface area (TPSA) is 19.0 Å².